The van der Waals surface area contributed by atoms with Crippen molar-refractivity contribution in [3.8, 4) is 0 Å². The van der Waals surface area contributed by atoms with Gasteiger partial charge in [0.25, 0.3) is 0 Å². The molecule has 3 aliphatic rings. The molecule has 0 spiro atoms. The predicted octanol–water partition coefficient (Wildman–Crippen LogP) is 0.871. The highest BCUT2D eigenvalue weighted by Gasteiger charge is 2.33. The fraction of sp³-hybridized carbons (Fsp3) is 0.929. The molecule has 18 heavy (non-hydrogen) atoms. The molecule has 3 rings (SSSR count). The molecule has 102 valence electrons. The topological polar surface area (TPSA) is 44.4 Å². The summed E-state index contributed by atoms with van der Waals surface area (Å²) in [5.41, 5.74) is 0. The first-order valence-electron chi connectivity index (χ1n) is 7.61. The first-order chi connectivity index (χ1) is 8.83. The molecule has 3 heterocycles. The molecule has 4 heteroatoms. The summed E-state index contributed by atoms with van der Waals surface area (Å²) in [5, 5.41) is 6.61. The summed E-state index contributed by atoms with van der Waals surface area (Å²) in [6, 6.07) is 1.23. The first kappa shape index (κ1) is 12.4. The molecule has 3 atom stereocenters. The molecule has 4 nitrogen and oxygen atoms in total. The van der Waals surface area contributed by atoms with E-state index in [1.807, 2.05) is 0 Å². The van der Waals surface area contributed by atoms with Crippen molar-refractivity contribution < 1.29 is 4.79 Å². The van der Waals surface area contributed by atoms with Gasteiger partial charge in [-0.15, -0.1) is 0 Å². The van der Waals surface area contributed by atoms with Crippen LogP contribution >= 0.6 is 0 Å². The number of fused-ring (bicyclic) bond motifs is 1. The average Bonchev–Trinajstić information content (AvgIpc) is 2.87. The Morgan fingerprint density at radius 2 is 2.06 bits per heavy atom. The Hall–Kier alpha value is -0.610. The second-order valence-corrected chi connectivity index (χ2v) is 6.06. The van der Waals surface area contributed by atoms with E-state index in [0.717, 1.165) is 25.4 Å². The summed E-state index contributed by atoms with van der Waals surface area (Å²) < 4.78 is 0. The first-order valence-corrected chi connectivity index (χ1v) is 7.61. The molecule has 3 aliphatic heterocycles. The van der Waals surface area contributed by atoms with Gasteiger partial charge in [-0.1, -0.05) is 6.42 Å². The van der Waals surface area contributed by atoms with Crippen LogP contribution in [0.1, 0.15) is 44.9 Å². The highest BCUT2D eigenvalue weighted by Crippen LogP contribution is 2.26. The largest absolute Gasteiger partial charge is 0.352 e. The van der Waals surface area contributed by atoms with Crippen molar-refractivity contribution in [3.05, 3.63) is 0 Å². The molecule has 0 aromatic heterocycles. The van der Waals surface area contributed by atoms with E-state index >= 15 is 0 Å². The van der Waals surface area contributed by atoms with Gasteiger partial charge in [-0.05, 0) is 51.6 Å². The number of carbonyl (C=O) groups excluding carboxylic acids is 1. The van der Waals surface area contributed by atoms with Crippen molar-refractivity contribution in [2.45, 2.75) is 63.1 Å². The van der Waals surface area contributed by atoms with Crippen LogP contribution in [0.15, 0.2) is 0 Å². The Labute approximate surface area is 109 Å². The lowest BCUT2D eigenvalue weighted by atomic mass is 9.96. The molecule has 2 N–H and O–H groups in total. The second kappa shape index (κ2) is 5.57. The van der Waals surface area contributed by atoms with Gasteiger partial charge in [0, 0.05) is 18.6 Å². The van der Waals surface area contributed by atoms with Crippen molar-refractivity contribution in [3.63, 3.8) is 0 Å². The number of hydrogen-bond donors (Lipinski definition) is 2. The Morgan fingerprint density at radius 1 is 1.11 bits per heavy atom. The molecule has 3 unspecified atom stereocenters. The molecular formula is C14H25N3O. The maximum absolute atomic E-state index is 12.2. The van der Waals surface area contributed by atoms with Crippen LogP contribution in [0.2, 0.25) is 0 Å². The minimum atomic E-state index is 0.0698. The van der Waals surface area contributed by atoms with Gasteiger partial charge in [0.05, 0.1) is 6.04 Å². The molecule has 0 aromatic rings. The molecule has 3 saturated heterocycles. The van der Waals surface area contributed by atoms with Crippen molar-refractivity contribution in [2.75, 3.05) is 19.6 Å². The zero-order valence-corrected chi connectivity index (χ0v) is 11.2. The van der Waals surface area contributed by atoms with Crippen molar-refractivity contribution in [1.82, 2.24) is 15.5 Å². The van der Waals surface area contributed by atoms with Crippen molar-refractivity contribution in [2.24, 2.45) is 0 Å². The smallest absolute Gasteiger partial charge is 0.237 e. The van der Waals surface area contributed by atoms with Gasteiger partial charge < -0.3 is 15.5 Å². The summed E-state index contributed by atoms with van der Waals surface area (Å²) in [6.07, 6.45) is 8.38. The number of nitrogens with zero attached hydrogens (tertiary/aromatic N) is 1. The number of carbonyl (C=O) groups is 1. The summed E-state index contributed by atoms with van der Waals surface area (Å²) in [7, 11) is 0. The third kappa shape index (κ3) is 2.69. The zero-order valence-electron chi connectivity index (χ0n) is 11.2. The van der Waals surface area contributed by atoms with Crippen LogP contribution in [0.25, 0.3) is 0 Å². The lowest BCUT2D eigenvalue weighted by Gasteiger charge is -2.36. The van der Waals surface area contributed by atoms with Crippen molar-refractivity contribution in [1.29, 1.82) is 0 Å². The Bertz CT molecular complexity index is 301. The normalized spacial score (nSPS) is 37.2. The number of rotatable bonds is 2. The van der Waals surface area contributed by atoms with Crippen LogP contribution in [0, 0.1) is 0 Å². The molecular weight excluding hydrogens is 226 g/mol. The van der Waals surface area contributed by atoms with E-state index in [-0.39, 0.29) is 11.9 Å². The highest BCUT2D eigenvalue weighted by atomic mass is 16.2. The number of piperidine rings is 2. The predicted molar refractivity (Wildman–Crippen MR) is 71.4 cm³/mol. The molecule has 0 saturated carbocycles. The molecule has 0 radical (unpaired) electrons. The van der Waals surface area contributed by atoms with Gasteiger partial charge in [-0.2, -0.15) is 0 Å². The lowest BCUT2D eigenvalue weighted by molar-refractivity contribution is -0.124. The SMILES string of the molecule is O=C(NC1CCN2CCCC2C1)C1CCCCN1. The van der Waals surface area contributed by atoms with E-state index < -0.39 is 0 Å². The fourth-order valence-electron chi connectivity index (χ4n) is 3.73. The standard InChI is InChI=1S/C14H25N3O/c18-14(13-5-1-2-7-15-13)16-11-6-9-17-8-3-4-12(17)10-11/h11-13,15H,1-10H2,(H,16,18). The van der Waals surface area contributed by atoms with Crippen LogP contribution in [-0.2, 0) is 4.79 Å². The van der Waals surface area contributed by atoms with Gasteiger partial charge in [-0.25, -0.2) is 0 Å². The molecule has 0 bridgehead atoms. The third-order valence-corrected chi connectivity index (χ3v) is 4.79. The fourth-order valence-corrected chi connectivity index (χ4v) is 3.73. The van der Waals surface area contributed by atoms with E-state index in [0.29, 0.717) is 6.04 Å². The summed E-state index contributed by atoms with van der Waals surface area (Å²) in [5.74, 6) is 0.242. The number of nitrogens with one attached hydrogen (secondary N) is 2. The summed E-state index contributed by atoms with van der Waals surface area (Å²) in [6.45, 7) is 3.45. The van der Waals surface area contributed by atoms with Gasteiger partial charge in [0.15, 0.2) is 0 Å². The minimum absolute atomic E-state index is 0.0698. The van der Waals surface area contributed by atoms with E-state index in [2.05, 4.69) is 15.5 Å². The monoisotopic (exact) mass is 251 g/mol. The average molecular weight is 251 g/mol. The molecule has 0 aliphatic carbocycles. The second-order valence-electron chi connectivity index (χ2n) is 6.06. The van der Waals surface area contributed by atoms with Crippen molar-refractivity contribution >= 4 is 5.91 Å². The van der Waals surface area contributed by atoms with E-state index in [1.165, 1.54) is 45.2 Å². The van der Waals surface area contributed by atoms with Crippen LogP contribution in [0.5, 0.6) is 0 Å². The van der Waals surface area contributed by atoms with Crippen LogP contribution in [0.3, 0.4) is 0 Å². The van der Waals surface area contributed by atoms with Crippen LogP contribution < -0.4 is 10.6 Å². The number of amides is 1. The quantitative estimate of drug-likeness (QED) is 0.765. The van der Waals surface area contributed by atoms with Crippen LogP contribution in [0.4, 0.5) is 0 Å². The summed E-state index contributed by atoms with van der Waals surface area (Å²) >= 11 is 0. The van der Waals surface area contributed by atoms with E-state index in [1.54, 1.807) is 0 Å². The van der Waals surface area contributed by atoms with Crippen LogP contribution in [-0.4, -0.2) is 48.6 Å². The van der Waals surface area contributed by atoms with E-state index in [4.69, 9.17) is 0 Å². The molecule has 3 fully saturated rings. The van der Waals surface area contributed by atoms with Gasteiger partial charge >= 0.3 is 0 Å². The minimum Gasteiger partial charge on any atom is -0.352 e. The Balaban J connectivity index is 1.48. The van der Waals surface area contributed by atoms with E-state index in [9.17, 15) is 4.79 Å². The Kier molecular flexibility index (Phi) is 3.85. The van der Waals surface area contributed by atoms with Gasteiger partial charge in [0.1, 0.15) is 0 Å². The molecule has 1 amide bonds. The number of hydrogen-bond acceptors (Lipinski definition) is 3. The lowest BCUT2D eigenvalue weighted by Crippen LogP contribution is -2.53. The maximum atomic E-state index is 12.2. The third-order valence-electron chi connectivity index (χ3n) is 4.79. The van der Waals surface area contributed by atoms with Gasteiger partial charge in [0.2, 0.25) is 5.91 Å². The zero-order chi connectivity index (χ0) is 12.4. The highest BCUT2D eigenvalue weighted by molar-refractivity contribution is 5.82. The summed E-state index contributed by atoms with van der Waals surface area (Å²) in [4.78, 5) is 14.8. The van der Waals surface area contributed by atoms with Gasteiger partial charge in [-0.3, -0.25) is 4.79 Å². The molecule has 0 aromatic carbocycles. The maximum Gasteiger partial charge on any atom is 0.237 e. The Morgan fingerprint density at radius 3 is 2.89 bits per heavy atom.